The Balaban J connectivity index is 2.19. The Bertz CT molecular complexity index is 614. The number of esters is 1. The fourth-order valence-corrected chi connectivity index (χ4v) is 1.99. The predicted molar refractivity (Wildman–Crippen MR) is 82.5 cm³/mol. The molecule has 0 fully saturated rings. The maximum absolute atomic E-state index is 12.1. The lowest BCUT2D eigenvalue weighted by Gasteiger charge is -2.23. The van der Waals surface area contributed by atoms with Gasteiger partial charge < -0.3 is 4.74 Å². The molecule has 0 radical (unpaired) electrons. The first-order valence-corrected chi connectivity index (χ1v) is 7.14. The summed E-state index contributed by atoms with van der Waals surface area (Å²) in [5.41, 5.74) is 0.606. The molecule has 106 valence electrons. The van der Waals surface area contributed by atoms with Crippen molar-refractivity contribution in [3.8, 4) is 0 Å². The quantitative estimate of drug-likeness (QED) is 0.740. The molecule has 0 saturated carbocycles. The van der Waals surface area contributed by atoms with Crippen LogP contribution in [-0.4, -0.2) is 5.97 Å². The maximum atomic E-state index is 12.1. The Morgan fingerprint density at radius 1 is 1.15 bits per heavy atom. The molecule has 0 bridgehead atoms. The molecular weight excluding hydrogens is 248 g/mol. The third-order valence-corrected chi connectivity index (χ3v) is 3.96. The molecule has 0 amide bonds. The van der Waals surface area contributed by atoms with E-state index < -0.39 is 5.41 Å². The van der Waals surface area contributed by atoms with E-state index in [9.17, 15) is 4.79 Å². The van der Waals surface area contributed by atoms with Gasteiger partial charge in [0.25, 0.3) is 0 Å². The van der Waals surface area contributed by atoms with E-state index in [4.69, 9.17) is 4.74 Å². The highest BCUT2D eigenvalue weighted by atomic mass is 16.5. The topological polar surface area (TPSA) is 26.3 Å². The van der Waals surface area contributed by atoms with Gasteiger partial charge in [-0.05, 0) is 49.6 Å². The van der Waals surface area contributed by atoms with E-state index in [1.165, 1.54) is 10.8 Å². The molecular formula is C18H22O2. The van der Waals surface area contributed by atoms with Gasteiger partial charge in [0.1, 0.15) is 6.10 Å². The summed E-state index contributed by atoms with van der Waals surface area (Å²) in [4.78, 5) is 12.1. The van der Waals surface area contributed by atoms with Gasteiger partial charge in [0.15, 0.2) is 0 Å². The van der Waals surface area contributed by atoms with Gasteiger partial charge in [-0.25, -0.2) is 0 Å². The van der Waals surface area contributed by atoms with Gasteiger partial charge >= 0.3 is 5.97 Å². The fraction of sp³-hybridized carbons (Fsp3) is 0.389. The van der Waals surface area contributed by atoms with Gasteiger partial charge in [0, 0.05) is 0 Å². The number of carbonyl (C=O) groups is 1. The minimum absolute atomic E-state index is 0.138. The standard InChI is InChI=1S/C18H22O2/c1-5-18(3,4)17(19)20-13(2)15-11-10-14-8-6-7-9-16(14)12-15/h6-13H,5H2,1-4H3. The van der Waals surface area contributed by atoms with Crippen molar-refractivity contribution < 1.29 is 9.53 Å². The normalized spacial score (nSPS) is 13.2. The highest BCUT2D eigenvalue weighted by Gasteiger charge is 2.28. The van der Waals surface area contributed by atoms with Gasteiger partial charge in [-0.1, -0.05) is 43.3 Å². The van der Waals surface area contributed by atoms with E-state index in [0.717, 1.165) is 12.0 Å². The summed E-state index contributed by atoms with van der Waals surface area (Å²) in [5, 5.41) is 2.37. The van der Waals surface area contributed by atoms with Crippen molar-refractivity contribution >= 4 is 16.7 Å². The second kappa shape index (κ2) is 5.66. The number of fused-ring (bicyclic) bond motifs is 1. The van der Waals surface area contributed by atoms with E-state index in [0.29, 0.717) is 0 Å². The van der Waals surface area contributed by atoms with Crippen molar-refractivity contribution in [1.82, 2.24) is 0 Å². The fourth-order valence-electron chi connectivity index (χ4n) is 1.99. The Kier molecular flexibility index (Phi) is 4.12. The SMILES string of the molecule is CCC(C)(C)C(=O)OC(C)c1ccc2ccccc2c1. The minimum Gasteiger partial charge on any atom is -0.457 e. The van der Waals surface area contributed by atoms with Gasteiger partial charge in [0.2, 0.25) is 0 Å². The minimum atomic E-state index is -0.425. The van der Waals surface area contributed by atoms with E-state index in [1.54, 1.807) is 0 Å². The molecule has 1 atom stereocenters. The van der Waals surface area contributed by atoms with E-state index in [1.807, 2.05) is 45.9 Å². The molecule has 2 aromatic rings. The molecule has 2 aromatic carbocycles. The molecule has 2 nitrogen and oxygen atoms in total. The second-order valence-corrected chi connectivity index (χ2v) is 5.89. The Morgan fingerprint density at radius 3 is 2.45 bits per heavy atom. The summed E-state index contributed by atoms with van der Waals surface area (Å²) in [5.74, 6) is -0.138. The zero-order valence-corrected chi connectivity index (χ0v) is 12.6. The third kappa shape index (κ3) is 3.01. The largest absolute Gasteiger partial charge is 0.457 e. The van der Waals surface area contributed by atoms with Crippen molar-refractivity contribution in [1.29, 1.82) is 0 Å². The summed E-state index contributed by atoms with van der Waals surface area (Å²) >= 11 is 0. The van der Waals surface area contributed by atoms with Crippen LogP contribution >= 0.6 is 0 Å². The zero-order chi connectivity index (χ0) is 14.8. The summed E-state index contributed by atoms with van der Waals surface area (Å²) in [6.07, 6.45) is 0.550. The lowest BCUT2D eigenvalue weighted by Crippen LogP contribution is -2.26. The van der Waals surface area contributed by atoms with E-state index >= 15 is 0 Å². The van der Waals surface area contributed by atoms with Gasteiger partial charge in [-0.3, -0.25) is 4.79 Å². The maximum Gasteiger partial charge on any atom is 0.312 e. The van der Waals surface area contributed by atoms with Crippen molar-refractivity contribution in [2.75, 3.05) is 0 Å². The lowest BCUT2D eigenvalue weighted by molar-refractivity contribution is -0.159. The third-order valence-electron chi connectivity index (χ3n) is 3.96. The number of rotatable bonds is 4. The first kappa shape index (κ1) is 14.6. The van der Waals surface area contributed by atoms with Gasteiger partial charge in [0.05, 0.1) is 5.41 Å². The molecule has 0 spiro atoms. The number of ether oxygens (including phenoxy) is 1. The smallest absolute Gasteiger partial charge is 0.312 e. The second-order valence-electron chi connectivity index (χ2n) is 5.89. The van der Waals surface area contributed by atoms with Crippen LogP contribution in [0, 0.1) is 5.41 Å². The first-order chi connectivity index (χ1) is 9.44. The Morgan fingerprint density at radius 2 is 1.80 bits per heavy atom. The van der Waals surface area contributed by atoms with Crippen molar-refractivity contribution in [3.05, 3.63) is 48.0 Å². The number of benzene rings is 2. The van der Waals surface area contributed by atoms with Crippen LogP contribution in [0.25, 0.3) is 10.8 Å². The van der Waals surface area contributed by atoms with Crippen LogP contribution in [-0.2, 0) is 9.53 Å². The van der Waals surface area contributed by atoms with Crippen LogP contribution in [0.15, 0.2) is 42.5 Å². The van der Waals surface area contributed by atoms with Crippen LogP contribution in [0.5, 0.6) is 0 Å². The van der Waals surface area contributed by atoms with Crippen molar-refractivity contribution in [3.63, 3.8) is 0 Å². The van der Waals surface area contributed by atoms with Crippen LogP contribution in [0.2, 0.25) is 0 Å². The van der Waals surface area contributed by atoms with Gasteiger partial charge in [-0.2, -0.15) is 0 Å². The lowest BCUT2D eigenvalue weighted by atomic mass is 9.90. The van der Waals surface area contributed by atoms with Crippen molar-refractivity contribution in [2.24, 2.45) is 5.41 Å². The number of hydrogen-bond donors (Lipinski definition) is 0. The molecule has 1 unspecified atom stereocenters. The van der Waals surface area contributed by atoms with Crippen LogP contribution in [0.3, 0.4) is 0 Å². The molecule has 0 saturated heterocycles. The predicted octanol–water partition coefficient (Wildman–Crippen LogP) is 4.88. The number of carbonyl (C=O) groups excluding carboxylic acids is 1. The molecule has 0 aliphatic carbocycles. The Hall–Kier alpha value is -1.83. The van der Waals surface area contributed by atoms with Crippen LogP contribution in [0.4, 0.5) is 0 Å². The molecule has 0 aliphatic heterocycles. The molecule has 20 heavy (non-hydrogen) atoms. The number of hydrogen-bond acceptors (Lipinski definition) is 2. The highest BCUT2D eigenvalue weighted by Crippen LogP contribution is 2.27. The Labute approximate surface area is 120 Å². The molecule has 2 heteroatoms. The summed E-state index contributed by atoms with van der Waals surface area (Å²) in [6, 6.07) is 14.4. The molecule has 2 rings (SSSR count). The molecule has 0 aromatic heterocycles. The monoisotopic (exact) mass is 270 g/mol. The van der Waals surface area contributed by atoms with Crippen molar-refractivity contribution in [2.45, 2.75) is 40.2 Å². The van der Waals surface area contributed by atoms with E-state index in [2.05, 4.69) is 24.3 Å². The summed E-state index contributed by atoms with van der Waals surface area (Å²) < 4.78 is 5.60. The van der Waals surface area contributed by atoms with Crippen LogP contribution < -0.4 is 0 Å². The summed E-state index contributed by atoms with van der Waals surface area (Å²) in [6.45, 7) is 7.76. The van der Waals surface area contributed by atoms with E-state index in [-0.39, 0.29) is 12.1 Å². The molecule has 0 aliphatic rings. The molecule has 0 heterocycles. The van der Waals surface area contributed by atoms with Crippen LogP contribution in [0.1, 0.15) is 45.8 Å². The average molecular weight is 270 g/mol. The molecule has 0 N–H and O–H groups in total. The van der Waals surface area contributed by atoms with Gasteiger partial charge in [-0.15, -0.1) is 0 Å². The summed E-state index contributed by atoms with van der Waals surface area (Å²) in [7, 11) is 0. The zero-order valence-electron chi connectivity index (χ0n) is 12.6. The average Bonchev–Trinajstić information content (AvgIpc) is 2.46. The first-order valence-electron chi connectivity index (χ1n) is 7.14. The highest BCUT2D eigenvalue weighted by molar-refractivity contribution is 5.83.